The molecule has 0 amide bonds. The van der Waals surface area contributed by atoms with Crippen LogP contribution in [0.3, 0.4) is 0 Å². The molecule has 0 aliphatic rings. The SMILES string of the molecule is CC(C)C[C@H](C)C[C@H](C)C[C@H](C)C=CCO[Si](c1ccccc1)(c1ccccc1)C(C)(C)C. The van der Waals surface area contributed by atoms with Crippen LogP contribution in [0.15, 0.2) is 72.8 Å². The van der Waals surface area contributed by atoms with E-state index in [0.717, 1.165) is 17.8 Å². The maximum atomic E-state index is 6.98. The van der Waals surface area contributed by atoms with Gasteiger partial charge in [0.2, 0.25) is 0 Å². The molecule has 0 radical (unpaired) electrons. The van der Waals surface area contributed by atoms with Crippen molar-refractivity contribution in [1.82, 2.24) is 0 Å². The fourth-order valence-electron chi connectivity index (χ4n) is 5.62. The van der Waals surface area contributed by atoms with Gasteiger partial charge in [0.1, 0.15) is 0 Å². The highest BCUT2D eigenvalue weighted by Gasteiger charge is 2.49. The summed E-state index contributed by atoms with van der Waals surface area (Å²) in [7, 11) is -2.44. The first-order valence-electron chi connectivity index (χ1n) is 13.0. The zero-order valence-electron chi connectivity index (χ0n) is 22.5. The van der Waals surface area contributed by atoms with E-state index >= 15 is 0 Å². The summed E-state index contributed by atoms with van der Waals surface area (Å²) in [4.78, 5) is 0. The van der Waals surface area contributed by atoms with Gasteiger partial charge in [-0.2, -0.15) is 0 Å². The molecule has 33 heavy (non-hydrogen) atoms. The highest BCUT2D eigenvalue weighted by atomic mass is 28.4. The van der Waals surface area contributed by atoms with E-state index < -0.39 is 8.32 Å². The van der Waals surface area contributed by atoms with E-state index in [9.17, 15) is 0 Å². The minimum atomic E-state index is -2.44. The van der Waals surface area contributed by atoms with Crippen molar-refractivity contribution in [3.8, 4) is 0 Å². The third-order valence-electron chi connectivity index (χ3n) is 6.73. The summed E-state index contributed by atoms with van der Waals surface area (Å²) < 4.78 is 6.98. The Labute approximate surface area is 205 Å². The average Bonchev–Trinajstić information content (AvgIpc) is 2.73. The summed E-state index contributed by atoms with van der Waals surface area (Å²) in [6.07, 6.45) is 8.56. The second-order valence-electron chi connectivity index (χ2n) is 11.7. The molecule has 0 fully saturated rings. The van der Waals surface area contributed by atoms with Crippen molar-refractivity contribution in [2.75, 3.05) is 6.61 Å². The summed E-state index contributed by atoms with van der Waals surface area (Å²) in [6, 6.07) is 21.8. The first-order chi connectivity index (χ1) is 15.6. The van der Waals surface area contributed by atoms with Gasteiger partial charge in [-0.1, -0.05) is 128 Å². The van der Waals surface area contributed by atoms with Gasteiger partial charge in [-0.05, 0) is 58.3 Å². The maximum Gasteiger partial charge on any atom is 0.261 e. The predicted molar refractivity (Wildman–Crippen MR) is 149 cm³/mol. The summed E-state index contributed by atoms with van der Waals surface area (Å²) in [5.74, 6) is 2.95. The highest BCUT2D eigenvalue weighted by molar-refractivity contribution is 6.99. The number of rotatable bonds is 12. The average molecular weight is 465 g/mol. The smallest absolute Gasteiger partial charge is 0.261 e. The van der Waals surface area contributed by atoms with E-state index in [4.69, 9.17) is 4.43 Å². The van der Waals surface area contributed by atoms with Gasteiger partial charge in [-0.15, -0.1) is 0 Å². The molecule has 182 valence electrons. The second-order valence-corrected chi connectivity index (χ2v) is 16.0. The highest BCUT2D eigenvalue weighted by Crippen LogP contribution is 2.36. The standard InChI is InChI=1S/C31H48OSi/c1-25(2)22-27(4)24-28(5)23-26(3)16-15-21-32-33(31(6,7)8,29-17-11-9-12-18-29)30-19-13-10-14-20-30/h9-20,25-28H,21-24H2,1-8H3/t26-,27+,28-/m1/s1. The van der Waals surface area contributed by atoms with Crippen molar-refractivity contribution >= 4 is 18.7 Å². The normalized spacial score (nSPS) is 15.7. The Kier molecular flexibility index (Phi) is 10.6. The van der Waals surface area contributed by atoms with Crippen LogP contribution in [0.5, 0.6) is 0 Å². The molecule has 2 heteroatoms. The van der Waals surface area contributed by atoms with E-state index in [1.54, 1.807) is 0 Å². The van der Waals surface area contributed by atoms with Crippen LogP contribution in [0.4, 0.5) is 0 Å². The molecule has 2 aromatic carbocycles. The van der Waals surface area contributed by atoms with Gasteiger partial charge in [-0.3, -0.25) is 0 Å². The van der Waals surface area contributed by atoms with Gasteiger partial charge in [0.15, 0.2) is 0 Å². The Hall–Kier alpha value is -1.64. The molecule has 1 nitrogen and oxygen atoms in total. The lowest BCUT2D eigenvalue weighted by Crippen LogP contribution is -2.66. The molecule has 0 N–H and O–H groups in total. The molecule has 0 unspecified atom stereocenters. The molecule has 0 spiro atoms. The first kappa shape index (κ1) is 27.6. The van der Waals surface area contributed by atoms with E-state index in [2.05, 4.69) is 128 Å². The van der Waals surface area contributed by atoms with Crippen molar-refractivity contribution < 1.29 is 4.43 Å². The summed E-state index contributed by atoms with van der Waals surface area (Å²) in [5, 5.41) is 2.71. The maximum absolute atomic E-state index is 6.98. The lowest BCUT2D eigenvalue weighted by Gasteiger charge is -2.42. The Balaban J connectivity index is 2.12. The Morgan fingerprint density at radius 1 is 0.727 bits per heavy atom. The molecule has 0 aliphatic heterocycles. The molecule has 2 aromatic rings. The van der Waals surface area contributed by atoms with E-state index in [1.165, 1.54) is 29.6 Å². The van der Waals surface area contributed by atoms with Crippen molar-refractivity contribution in [3.05, 3.63) is 72.8 Å². The molecule has 0 aromatic heterocycles. The number of hydrogen-bond donors (Lipinski definition) is 0. The molecule has 0 aliphatic carbocycles. The van der Waals surface area contributed by atoms with Crippen molar-refractivity contribution in [2.45, 2.75) is 79.7 Å². The lowest BCUT2D eigenvalue weighted by molar-refractivity contribution is 0.325. The third-order valence-corrected chi connectivity index (χ3v) is 11.7. The van der Waals surface area contributed by atoms with Gasteiger partial charge in [0, 0.05) is 0 Å². The third kappa shape index (κ3) is 7.97. The summed E-state index contributed by atoms with van der Waals surface area (Å²) in [5.41, 5.74) is 0. The molecule has 0 saturated heterocycles. The van der Waals surface area contributed by atoms with E-state index in [1.807, 2.05) is 0 Å². The largest absolute Gasteiger partial charge is 0.404 e. The topological polar surface area (TPSA) is 9.23 Å². The molecular formula is C31H48OSi. The zero-order chi connectivity index (χ0) is 24.5. The van der Waals surface area contributed by atoms with E-state index in [-0.39, 0.29) is 5.04 Å². The van der Waals surface area contributed by atoms with Crippen molar-refractivity contribution in [3.63, 3.8) is 0 Å². The molecule has 2 rings (SSSR count). The van der Waals surface area contributed by atoms with Crippen LogP contribution in [-0.4, -0.2) is 14.9 Å². The van der Waals surface area contributed by atoms with Crippen LogP contribution in [0, 0.1) is 23.7 Å². The lowest BCUT2D eigenvalue weighted by atomic mass is 9.86. The summed E-state index contributed by atoms with van der Waals surface area (Å²) in [6.45, 7) is 19.5. The predicted octanol–water partition coefficient (Wildman–Crippen LogP) is 7.85. The van der Waals surface area contributed by atoms with Crippen LogP contribution in [0.2, 0.25) is 5.04 Å². The fraction of sp³-hybridized carbons (Fsp3) is 0.548. The van der Waals surface area contributed by atoms with Crippen LogP contribution in [0.1, 0.15) is 74.7 Å². The fourth-order valence-corrected chi connectivity index (χ4v) is 10.1. The quantitative estimate of drug-likeness (QED) is 0.229. The number of benzene rings is 2. The van der Waals surface area contributed by atoms with Crippen LogP contribution >= 0.6 is 0 Å². The summed E-state index contributed by atoms with van der Waals surface area (Å²) >= 11 is 0. The Morgan fingerprint density at radius 3 is 1.67 bits per heavy atom. The first-order valence-corrected chi connectivity index (χ1v) is 14.9. The monoisotopic (exact) mass is 464 g/mol. The molecule has 3 atom stereocenters. The minimum Gasteiger partial charge on any atom is -0.404 e. The van der Waals surface area contributed by atoms with Crippen LogP contribution < -0.4 is 10.4 Å². The Morgan fingerprint density at radius 2 is 1.21 bits per heavy atom. The van der Waals surface area contributed by atoms with Gasteiger partial charge in [-0.25, -0.2) is 0 Å². The Bertz CT molecular complexity index is 780. The molecule has 0 saturated carbocycles. The van der Waals surface area contributed by atoms with Gasteiger partial charge in [0.25, 0.3) is 8.32 Å². The molecular weight excluding hydrogens is 416 g/mol. The number of hydrogen-bond acceptors (Lipinski definition) is 1. The minimum absolute atomic E-state index is 0.0240. The van der Waals surface area contributed by atoms with Gasteiger partial charge < -0.3 is 4.43 Å². The van der Waals surface area contributed by atoms with Crippen LogP contribution in [-0.2, 0) is 4.43 Å². The number of allylic oxidation sites excluding steroid dienone is 1. The second kappa shape index (κ2) is 12.7. The van der Waals surface area contributed by atoms with Crippen molar-refractivity contribution in [1.29, 1.82) is 0 Å². The van der Waals surface area contributed by atoms with Gasteiger partial charge in [0.05, 0.1) is 6.61 Å². The zero-order valence-corrected chi connectivity index (χ0v) is 23.5. The van der Waals surface area contributed by atoms with E-state index in [0.29, 0.717) is 12.5 Å². The van der Waals surface area contributed by atoms with Gasteiger partial charge >= 0.3 is 0 Å². The van der Waals surface area contributed by atoms with Crippen LogP contribution in [0.25, 0.3) is 0 Å². The van der Waals surface area contributed by atoms with Crippen molar-refractivity contribution in [2.24, 2.45) is 23.7 Å². The molecule has 0 bridgehead atoms. The molecule has 0 heterocycles.